The molecule has 0 aliphatic heterocycles. The summed E-state index contributed by atoms with van der Waals surface area (Å²) in [7, 11) is 1.53. The molecule has 146 valence electrons. The van der Waals surface area contributed by atoms with Crippen molar-refractivity contribution in [1.82, 2.24) is 10.6 Å². The zero-order chi connectivity index (χ0) is 20.4. The molecule has 3 N–H and O–H groups in total. The van der Waals surface area contributed by atoms with Crippen LogP contribution in [0.15, 0.2) is 60.3 Å². The summed E-state index contributed by atoms with van der Waals surface area (Å²) in [6, 6.07) is 15.6. The normalized spacial score (nSPS) is 10.8. The number of carboxylic acids is 1. The lowest BCUT2D eigenvalue weighted by Crippen LogP contribution is -2.35. The third-order valence-corrected chi connectivity index (χ3v) is 3.81. The van der Waals surface area contributed by atoms with Gasteiger partial charge in [-0.3, -0.25) is 14.4 Å². The molecule has 2 aromatic carbocycles. The second-order valence-electron chi connectivity index (χ2n) is 5.90. The van der Waals surface area contributed by atoms with Crippen molar-refractivity contribution < 1.29 is 24.2 Å². The van der Waals surface area contributed by atoms with E-state index in [1.165, 1.54) is 7.11 Å². The number of carbonyl (C=O) groups excluding carboxylic acids is 2. The van der Waals surface area contributed by atoms with Crippen molar-refractivity contribution in [1.29, 1.82) is 0 Å². The molecule has 0 fully saturated rings. The summed E-state index contributed by atoms with van der Waals surface area (Å²) in [4.78, 5) is 35.6. The molecule has 0 radical (unpaired) electrons. The summed E-state index contributed by atoms with van der Waals surface area (Å²) in [5, 5.41) is 13.9. The Morgan fingerprint density at radius 3 is 2.32 bits per heavy atom. The van der Waals surface area contributed by atoms with Crippen molar-refractivity contribution in [2.45, 2.75) is 12.8 Å². The molecular formula is C21H22N2O5. The molecule has 28 heavy (non-hydrogen) atoms. The largest absolute Gasteiger partial charge is 0.497 e. The maximum Gasteiger partial charge on any atom is 0.303 e. The maximum atomic E-state index is 12.5. The van der Waals surface area contributed by atoms with Gasteiger partial charge < -0.3 is 20.5 Å². The number of nitrogens with one attached hydrogen (secondary N) is 2. The van der Waals surface area contributed by atoms with Crippen molar-refractivity contribution >= 4 is 23.9 Å². The molecule has 0 unspecified atom stereocenters. The highest BCUT2D eigenvalue weighted by atomic mass is 16.5. The highest BCUT2D eigenvalue weighted by Gasteiger charge is 2.14. The van der Waals surface area contributed by atoms with Gasteiger partial charge in [0.15, 0.2) is 0 Å². The first-order valence-corrected chi connectivity index (χ1v) is 8.71. The Labute approximate surface area is 163 Å². The van der Waals surface area contributed by atoms with E-state index < -0.39 is 17.8 Å². The van der Waals surface area contributed by atoms with Crippen LogP contribution in [0.5, 0.6) is 5.75 Å². The van der Waals surface area contributed by atoms with Gasteiger partial charge in [-0.1, -0.05) is 30.3 Å². The smallest absolute Gasteiger partial charge is 0.303 e. The van der Waals surface area contributed by atoms with E-state index >= 15 is 0 Å². The second kappa shape index (κ2) is 10.5. The fourth-order valence-corrected chi connectivity index (χ4v) is 2.35. The van der Waals surface area contributed by atoms with Crippen LogP contribution in [0.3, 0.4) is 0 Å². The minimum Gasteiger partial charge on any atom is -0.497 e. The van der Waals surface area contributed by atoms with Gasteiger partial charge in [0.1, 0.15) is 11.4 Å². The molecule has 2 rings (SSSR count). The van der Waals surface area contributed by atoms with Crippen LogP contribution in [-0.4, -0.2) is 36.5 Å². The Bertz CT molecular complexity index is 845. The van der Waals surface area contributed by atoms with E-state index in [0.717, 1.165) is 5.56 Å². The summed E-state index contributed by atoms with van der Waals surface area (Å²) in [6.45, 7) is 0.190. The Morgan fingerprint density at radius 2 is 1.71 bits per heavy atom. The van der Waals surface area contributed by atoms with Gasteiger partial charge in [-0.15, -0.1) is 0 Å². The fourth-order valence-electron chi connectivity index (χ4n) is 2.35. The predicted molar refractivity (Wildman–Crippen MR) is 105 cm³/mol. The zero-order valence-corrected chi connectivity index (χ0v) is 15.5. The molecule has 0 saturated carbocycles. The van der Waals surface area contributed by atoms with Crippen molar-refractivity contribution in [2.24, 2.45) is 0 Å². The average Bonchev–Trinajstić information content (AvgIpc) is 2.71. The Kier molecular flexibility index (Phi) is 7.77. The number of rotatable bonds is 9. The van der Waals surface area contributed by atoms with Crippen LogP contribution in [0.2, 0.25) is 0 Å². The monoisotopic (exact) mass is 382 g/mol. The number of hydrogen-bond acceptors (Lipinski definition) is 4. The predicted octanol–water partition coefficient (Wildman–Crippen LogP) is 2.45. The number of ether oxygens (including phenoxy) is 1. The molecular weight excluding hydrogens is 360 g/mol. The summed E-state index contributed by atoms with van der Waals surface area (Å²) in [5.74, 6) is -1.24. The summed E-state index contributed by atoms with van der Waals surface area (Å²) in [6.07, 6.45) is 1.82. The molecule has 0 aliphatic carbocycles. The minimum atomic E-state index is -0.929. The lowest BCUT2D eigenvalue weighted by atomic mass is 10.1. The van der Waals surface area contributed by atoms with E-state index in [1.54, 1.807) is 42.5 Å². The summed E-state index contributed by atoms with van der Waals surface area (Å²) >= 11 is 0. The average molecular weight is 382 g/mol. The number of carboxylic acid groups (broad SMARTS) is 1. The summed E-state index contributed by atoms with van der Waals surface area (Å²) < 4.78 is 5.07. The number of hydrogen-bond donors (Lipinski definition) is 3. The van der Waals surface area contributed by atoms with Crippen molar-refractivity contribution in [3.05, 3.63) is 71.4 Å². The van der Waals surface area contributed by atoms with Gasteiger partial charge in [0, 0.05) is 18.5 Å². The Hall–Kier alpha value is -3.61. The molecule has 7 heteroatoms. The standard InChI is InChI=1S/C21H22N2O5/c1-28-17-11-9-16(10-12-17)20(26)23-18(14-15-6-3-2-4-7-15)21(27)22-13-5-8-19(24)25/h2-4,6-7,9-12,14H,5,8,13H2,1H3,(H,22,27)(H,23,26)(H,24,25)/b18-14+. The first-order chi connectivity index (χ1) is 13.5. The van der Waals surface area contributed by atoms with E-state index in [1.807, 2.05) is 18.2 Å². The number of carbonyl (C=O) groups is 3. The van der Waals surface area contributed by atoms with Crippen LogP contribution in [0.1, 0.15) is 28.8 Å². The lowest BCUT2D eigenvalue weighted by molar-refractivity contribution is -0.137. The number of benzene rings is 2. The van der Waals surface area contributed by atoms with E-state index in [0.29, 0.717) is 17.7 Å². The third-order valence-electron chi connectivity index (χ3n) is 3.81. The first-order valence-electron chi connectivity index (χ1n) is 8.71. The molecule has 0 aliphatic rings. The lowest BCUT2D eigenvalue weighted by Gasteiger charge is -2.11. The highest BCUT2D eigenvalue weighted by molar-refractivity contribution is 6.05. The Morgan fingerprint density at radius 1 is 1.04 bits per heavy atom. The van der Waals surface area contributed by atoms with Crippen LogP contribution in [0, 0.1) is 0 Å². The van der Waals surface area contributed by atoms with Gasteiger partial charge in [0.05, 0.1) is 7.11 Å². The van der Waals surface area contributed by atoms with E-state index in [9.17, 15) is 14.4 Å². The van der Waals surface area contributed by atoms with Crippen molar-refractivity contribution in [3.8, 4) is 5.75 Å². The van der Waals surface area contributed by atoms with E-state index in [2.05, 4.69) is 10.6 Å². The zero-order valence-electron chi connectivity index (χ0n) is 15.5. The van der Waals surface area contributed by atoms with Gasteiger partial charge in [0.25, 0.3) is 11.8 Å². The summed E-state index contributed by atoms with van der Waals surface area (Å²) in [5.41, 5.74) is 1.19. The highest BCUT2D eigenvalue weighted by Crippen LogP contribution is 2.12. The SMILES string of the molecule is COc1ccc(C(=O)N/C(=C/c2ccccc2)C(=O)NCCCC(=O)O)cc1. The minimum absolute atomic E-state index is 0.0454. The van der Waals surface area contributed by atoms with Gasteiger partial charge in [-0.05, 0) is 42.3 Å². The number of methoxy groups -OCH3 is 1. The first kappa shape index (κ1) is 20.7. The molecule has 0 aromatic heterocycles. The molecule has 0 bridgehead atoms. The molecule has 0 heterocycles. The van der Waals surface area contributed by atoms with Crippen molar-refractivity contribution in [2.75, 3.05) is 13.7 Å². The van der Waals surface area contributed by atoms with Gasteiger partial charge in [-0.25, -0.2) is 0 Å². The number of amides is 2. The Balaban J connectivity index is 2.13. The maximum absolute atomic E-state index is 12.5. The number of aliphatic carboxylic acids is 1. The van der Waals surface area contributed by atoms with Gasteiger partial charge in [-0.2, -0.15) is 0 Å². The van der Waals surface area contributed by atoms with Gasteiger partial charge >= 0.3 is 5.97 Å². The van der Waals surface area contributed by atoms with E-state index in [4.69, 9.17) is 9.84 Å². The second-order valence-corrected chi connectivity index (χ2v) is 5.90. The molecule has 0 atom stereocenters. The van der Waals surface area contributed by atoms with Crippen LogP contribution in [0.4, 0.5) is 0 Å². The third kappa shape index (κ3) is 6.60. The van der Waals surface area contributed by atoms with Crippen LogP contribution in [0.25, 0.3) is 6.08 Å². The fraction of sp³-hybridized carbons (Fsp3) is 0.190. The van der Waals surface area contributed by atoms with E-state index in [-0.39, 0.29) is 18.7 Å². The van der Waals surface area contributed by atoms with Crippen molar-refractivity contribution in [3.63, 3.8) is 0 Å². The molecule has 0 saturated heterocycles. The van der Waals surface area contributed by atoms with Crippen LogP contribution in [-0.2, 0) is 9.59 Å². The molecule has 0 spiro atoms. The van der Waals surface area contributed by atoms with Crippen LogP contribution >= 0.6 is 0 Å². The quantitative estimate of drug-likeness (QED) is 0.456. The van der Waals surface area contributed by atoms with Gasteiger partial charge in [0.2, 0.25) is 0 Å². The van der Waals surface area contributed by atoms with Crippen LogP contribution < -0.4 is 15.4 Å². The molecule has 7 nitrogen and oxygen atoms in total. The topological polar surface area (TPSA) is 105 Å². The molecule has 2 amide bonds. The molecule has 2 aromatic rings.